The molecule has 6 nitrogen and oxygen atoms in total. The number of hydrogen-bond donors (Lipinski definition) is 1. The maximum atomic E-state index is 14.2. The number of anilines is 1. The second kappa shape index (κ2) is 9.77. The SMILES string of the molecule is O=c1ccc2ccc(OCCCCN3CCN(c4cccc5c(F)cc(F)cc45)CC3)nc2[nH]1. The predicted molar refractivity (Wildman–Crippen MR) is 130 cm³/mol. The van der Waals surface area contributed by atoms with Crippen molar-refractivity contribution >= 4 is 27.5 Å². The van der Waals surface area contributed by atoms with Gasteiger partial charge in [-0.25, -0.2) is 8.78 Å². The van der Waals surface area contributed by atoms with Crippen LogP contribution in [0.15, 0.2) is 59.4 Å². The van der Waals surface area contributed by atoms with Gasteiger partial charge in [-0.1, -0.05) is 12.1 Å². The van der Waals surface area contributed by atoms with E-state index in [-0.39, 0.29) is 5.56 Å². The molecular weight excluding hydrogens is 438 g/mol. The molecule has 0 saturated carbocycles. The highest BCUT2D eigenvalue weighted by molar-refractivity contribution is 5.94. The number of benzene rings is 2. The monoisotopic (exact) mass is 464 g/mol. The van der Waals surface area contributed by atoms with Crippen molar-refractivity contribution in [2.24, 2.45) is 0 Å². The summed E-state index contributed by atoms with van der Waals surface area (Å²) in [5, 5.41) is 1.94. The zero-order valence-corrected chi connectivity index (χ0v) is 18.8. The number of halogens is 2. The minimum absolute atomic E-state index is 0.183. The van der Waals surface area contributed by atoms with Gasteiger partial charge in [0.25, 0.3) is 0 Å². The van der Waals surface area contributed by atoms with Crippen LogP contribution in [0.5, 0.6) is 5.88 Å². The molecule has 0 spiro atoms. The first-order valence-electron chi connectivity index (χ1n) is 11.5. The maximum Gasteiger partial charge on any atom is 0.249 e. The summed E-state index contributed by atoms with van der Waals surface area (Å²) in [6, 6.07) is 14.7. The van der Waals surface area contributed by atoms with Crippen molar-refractivity contribution in [3.8, 4) is 5.88 Å². The fraction of sp³-hybridized carbons (Fsp3) is 0.308. The van der Waals surface area contributed by atoms with Crippen LogP contribution in [0.25, 0.3) is 21.8 Å². The third-order valence-electron chi connectivity index (χ3n) is 6.28. The lowest BCUT2D eigenvalue weighted by Gasteiger charge is -2.36. The Morgan fingerprint density at radius 1 is 0.941 bits per heavy atom. The predicted octanol–water partition coefficient (Wildman–Crippen LogP) is 4.34. The maximum absolute atomic E-state index is 14.2. The number of ether oxygens (including phenoxy) is 1. The van der Waals surface area contributed by atoms with Crippen LogP contribution in [0.4, 0.5) is 14.5 Å². The Hall–Kier alpha value is -3.52. The molecule has 2 aromatic heterocycles. The molecule has 1 aliphatic rings. The Labute approximate surface area is 195 Å². The van der Waals surface area contributed by atoms with Crippen LogP contribution < -0.4 is 15.2 Å². The zero-order chi connectivity index (χ0) is 23.5. The highest BCUT2D eigenvalue weighted by atomic mass is 19.1. The topological polar surface area (TPSA) is 61.5 Å². The minimum atomic E-state index is -0.550. The summed E-state index contributed by atoms with van der Waals surface area (Å²) in [5.41, 5.74) is 1.23. The van der Waals surface area contributed by atoms with Crippen molar-refractivity contribution in [1.29, 1.82) is 0 Å². The summed E-state index contributed by atoms with van der Waals surface area (Å²) < 4.78 is 33.7. The number of rotatable bonds is 7. The van der Waals surface area contributed by atoms with Crippen LogP contribution in [0.1, 0.15) is 12.8 Å². The molecule has 0 atom stereocenters. The molecule has 34 heavy (non-hydrogen) atoms. The van der Waals surface area contributed by atoms with Crippen molar-refractivity contribution in [1.82, 2.24) is 14.9 Å². The van der Waals surface area contributed by atoms with Gasteiger partial charge in [0.2, 0.25) is 11.4 Å². The van der Waals surface area contributed by atoms with E-state index in [1.54, 1.807) is 12.1 Å². The molecule has 0 aliphatic carbocycles. The van der Waals surface area contributed by atoms with Gasteiger partial charge in [-0.3, -0.25) is 9.69 Å². The molecule has 0 unspecified atom stereocenters. The Morgan fingerprint density at radius 3 is 2.62 bits per heavy atom. The molecule has 4 aromatic rings. The highest BCUT2D eigenvalue weighted by Gasteiger charge is 2.19. The number of H-pyrrole nitrogens is 1. The normalized spacial score (nSPS) is 14.7. The van der Waals surface area contributed by atoms with Crippen molar-refractivity contribution in [2.75, 3.05) is 44.2 Å². The number of nitrogens with zero attached hydrogens (tertiary/aromatic N) is 3. The number of pyridine rings is 2. The standard InChI is InChI=1S/C26H26F2N4O2/c27-19-16-21-20(22(28)17-19)4-3-5-23(21)32-13-11-31(12-14-32)10-1-2-15-34-25-9-7-18-6-8-24(33)29-26(18)30-25/h3-9,16-17H,1-2,10-15H2,(H,29,30,33). The molecule has 1 fully saturated rings. The molecule has 1 N–H and O–H groups in total. The summed E-state index contributed by atoms with van der Waals surface area (Å²) in [6.07, 6.45) is 1.89. The van der Waals surface area contributed by atoms with Gasteiger partial charge >= 0.3 is 0 Å². The lowest BCUT2D eigenvalue weighted by molar-refractivity contribution is 0.237. The number of unbranched alkanes of at least 4 members (excludes halogenated alkanes) is 1. The number of fused-ring (bicyclic) bond motifs is 2. The summed E-state index contributed by atoms with van der Waals surface area (Å²) in [5.74, 6) is -0.568. The summed E-state index contributed by atoms with van der Waals surface area (Å²) in [7, 11) is 0. The van der Waals surface area contributed by atoms with Gasteiger partial charge in [0, 0.05) is 66.2 Å². The molecule has 0 bridgehead atoms. The molecular formula is C26H26F2N4O2. The second-order valence-electron chi connectivity index (χ2n) is 8.55. The van der Waals surface area contributed by atoms with Gasteiger partial charge in [0.1, 0.15) is 17.3 Å². The van der Waals surface area contributed by atoms with Crippen LogP contribution in [0, 0.1) is 11.6 Å². The highest BCUT2D eigenvalue weighted by Crippen LogP contribution is 2.30. The molecule has 1 aliphatic heterocycles. The third-order valence-corrected chi connectivity index (χ3v) is 6.28. The number of hydrogen-bond acceptors (Lipinski definition) is 5. The van der Waals surface area contributed by atoms with Crippen molar-refractivity contribution in [2.45, 2.75) is 12.8 Å². The first-order valence-corrected chi connectivity index (χ1v) is 11.5. The zero-order valence-electron chi connectivity index (χ0n) is 18.8. The first kappa shape index (κ1) is 22.3. The lowest BCUT2D eigenvalue weighted by Crippen LogP contribution is -2.46. The van der Waals surface area contributed by atoms with Gasteiger partial charge in [0.15, 0.2) is 0 Å². The van der Waals surface area contributed by atoms with Crippen LogP contribution in [-0.2, 0) is 0 Å². The number of nitrogens with one attached hydrogen (secondary N) is 1. The summed E-state index contributed by atoms with van der Waals surface area (Å²) in [6.45, 7) is 4.94. The van der Waals surface area contributed by atoms with Gasteiger partial charge < -0.3 is 14.6 Å². The Bertz CT molecular complexity index is 1370. The van der Waals surface area contributed by atoms with Crippen LogP contribution in [0.3, 0.4) is 0 Å². The van der Waals surface area contributed by atoms with E-state index < -0.39 is 11.6 Å². The van der Waals surface area contributed by atoms with E-state index in [9.17, 15) is 13.6 Å². The van der Waals surface area contributed by atoms with E-state index in [1.807, 2.05) is 24.3 Å². The Morgan fingerprint density at radius 2 is 1.76 bits per heavy atom. The molecule has 0 amide bonds. The number of aromatic nitrogens is 2. The summed E-state index contributed by atoms with van der Waals surface area (Å²) in [4.78, 5) is 23.1. The number of aromatic amines is 1. The molecule has 176 valence electrons. The van der Waals surface area contributed by atoms with E-state index in [0.717, 1.165) is 62.7 Å². The van der Waals surface area contributed by atoms with E-state index in [4.69, 9.17) is 4.74 Å². The molecule has 5 rings (SSSR count). The molecule has 8 heteroatoms. The van der Waals surface area contributed by atoms with Gasteiger partial charge in [-0.05, 0) is 43.7 Å². The third kappa shape index (κ3) is 4.87. The average molecular weight is 465 g/mol. The molecule has 2 aromatic carbocycles. The summed E-state index contributed by atoms with van der Waals surface area (Å²) >= 11 is 0. The van der Waals surface area contributed by atoms with Crippen molar-refractivity contribution < 1.29 is 13.5 Å². The fourth-order valence-electron chi connectivity index (χ4n) is 4.48. The molecule has 0 radical (unpaired) electrons. The lowest BCUT2D eigenvalue weighted by atomic mass is 10.1. The van der Waals surface area contributed by atoms with Crippen molar-refractivity contribution in [3.63, 3.8) is 0 Å². The fourth-order valence-corrected chi connectivity index (χ4v) is 4.48. The van der Waals surface area contributed by atoms with E-state index >= 15 is 0 Å². The van der Waals surface area contributed by atoms with E-state index in [1.165, 1.54) is 12.1 Å². The first-order chi connectivity index (χ1) is 16.6. The molecule has 1 saturated heterocycles. The van der Waals surface area contributed by atoms with Gasteiger partial charge in [-0.2, -0.15) is 4.98 Å². The van der Waals surface area contributed by atoms with Gasteiger partial charge in [0.05, 0.1) is 6.61 Å². The Kier molecular flexibility index (Phi) is 6.40. The average Bonchev–Trinajstić information content (AvgIpc) is 2.83. The van der Waals surface area contributed by atoms with E-state index in [0.29, 0.717) is 28.9 Å². The smallest absolute Gasteiger partial charge is 0.249 e. The van der Waals surface area contributed by atoms with Crippen LogP contribution >= 0.6 is 0 Å². The van der Waals surface area contributed by atoms with Crippen LogP contribution in [-0.4, -0.2) is 54.2 Å². The van der Waals surface area contributed by atoms with Crippen molar-refractivity contribution in [3.05, 3.63) is 76.6 Å². The van der Waals surface area contributed by atoms with Gasteiger partial charge in [-0.15, -0.1) is 0 Å². The minimum Gasteiger partial charge on any atom is -0.478 e. The van der Waals surface area contributed by atoms with Crippen LogP contribution in [0.2, 0.25) is 0 Å². The van der Waals surface area contributed by atoms with E-state index in [2.05, 4.69) is 19.8 Å². The molecule has 3 heterocycles. The largest absolute Gasteiger partial charge is 0.478 e. The quantitative estimate of drug-likeness (QED) is 0.413. The second-order valence-corrected chi connectivity index (χ2v) is 8.55. The Balaban J connectivity index is 1.09. The number of piperazine rings is 1.